The fourth-order valence-corrected chi connectivity index (χ4v) is 3.08. The number of nitrogens with zero attached hydrogens (tertiary/aromatic N) is 1. The number of likely N-dealkylation sites (tertiary alicyclic amines) is 1. The number of carbonyl (C=O) groups excluding carboxylic acids is 1. The maximum Gasteiger partial charge on any atom is 0.187 e. The topological polar surface area (TPSA) is 20.3 Å². The van der Waals surface area contributed by atoms with Crippen molar-refractivity contribution in [2.75, 3.05) is 20.1 Å². The summed E-state index contributed by atoms with van der Waals surface area (Å²) >= 11 is 0. The van der Waals surface area contributed by atoms with Gasteiger partial charge in [-0.05, 0) is 55.3 Å². The molecule has 0 spiro atoms. The molecule has 24 heavy (non-hydrogen) atoms. The summed E-state index contributed by atoms with van der Waals surface area (Å²) in [7, 11) is 2.06. The number of benzene rings is 2. The molecule has 0 amide bonds. The van der Waals surface area contributed by atoms with E-state index in [4.69, 9.17) is 0 Å². The minimum absolute atomic E-state index is 0.166. The molecule has 0 aromatic heterocycles. The second-order valence-corrected chi connectivity index (χ2v) is 6.55. The number of aryl methyl sites for hydroxylation is 2. The first-order chi connectivity index (χ1) is 11.5. The zero-order chi connectivity index (χ0) is 17.1. The molecule has 2 heteroatoms. The van der Waals surface area contributed by atoms with Gasteiger partial charge in [0.1, 0.15) is 0 Å². The van der Waals surface area contributed by atoms with E-state index in [1.165, 1.54) is 11.1 Å². The van der Waals surface area contributed by atoms with Crippen molar-refractivity contribution in [1.29, 1.82) is 0 Å². The maximum atomic E-state index is 12.9. The van der Waals surface area contributed by atoms with Gasteiger partial charge in [0.2, 0.25) is 0 Å². The van der Waals surface area contributed by atoms with E-state index >= 15 is 0 Å². The SMILES string of the molecule is Cc1ccccc1C=C1CN(C)CC(=Cc2ccccc2C)C1=O. The second-order valence-electron chi connectivity index (χ2n) is 6.55. The van der Waals surface area contributed by atoms with E-state index in [0.717, 1.165) is 22.3 Å². The first kappa shape index (κ1) is 16.4. The number of rotatable bonds is 2. The lowest BCUT2D eigenvalue weighted by Crippen LogP contribution is -2.34. The summed E-state index contributed by atoms with van der Waals surface area (Å²) in [6.07, 6.45) is 4.08. The molecule has 0 bridgehead atoms. The van der Waals surface area contributed by atoms with E-state index in [0.29, 0.717) is 13.1 Å². The van der Waals surface area contributed by atoms with Crippen LogP contribution in [0, 0.1) is 13.8 Å². The average Bonchev–Trinajstić information content (AvgIpc) is 2.56. The van der Waals surface area contributed by atoms with Crippen LogP contribution in [0.1, 0.15) is 22.3 Å². The smallest absolute Gasteiger partial charge is 0.187 e. The molecule has 122 valence electrons. The van der Waals surface area contributed by atoms with E-state index in [1.807, 2.05) is 36.4 Å². The number of carbonyl (C=O) groups is 1. The first-order valence-electron chi connectivity index (χ1n) is 8.30. The molecule has 1 heterocycles. The Morgan fingerprint density at radius 1 is 0.792 bits per heavy atom. The average molecular weight is 317 g/mol. The van der Waals surface area contributed by atoms with Crippen molar-refractivity contribution < 1.29 is 4.79 Å². The van der Waals surface area contributed by atoms with Gasteiger partial charge >= 0.3 is 0 Å². The number of hydrogen-bond donors (Lipinski definition) is 0. The van der Waals surface area contributed by atoms with Gasteiger partial charge in [-0.3, -0.25) is 9.69 Å². The largest absolute Gasteiger partial charge is 0.298 e. The van der Waals surface area contributed by atoms with Crippen molar-refractivity contribution in [2.24, 2.45) is 0 Å². The molecule has 2 aromatic carbocycles. The predicted molar refractivity (Wildman–Crippen MR) is 101 cm³/mol. The third-order valence-electron chi connectivity index (χ3n) is 4.50. The van der Waals surface area contributed by atoms with Gasteiger partial charge in [-0.2, -0.15) is 0 Å². The molecule has 0 saturated carbocycles. The van der Waals surface area contributed by atoms with Crippen LogP contribution in [-0.2, 0) is 4.79 Å². The Hall–Kier alpha value is -2.45. The van der Waals surface area contributed by atoms with Gasteiger partial charge < -0.3 is 0 Å². The molecule has 1 aliphatic rings. The Balaban J connectivity index is 1.98. The minimum Gasteiger partial charge on any atom is -0.298 e. The molecule has 0 atom stereocenters. The Morgan fingerprint density at radius 2 is 1.21 bits per heavy atom. The van der Waals surface area contributed by atoms with Crippen molar-refractivity contribution in [3.8, 4) is 0 Å². The maximum absolute atomic E-state index is 12.9. The standard InChI is InChI=1S/C22H23NO/c1-16-8-4-6-10-18(16)12-20-14-23(3)15-21(22(20)24)13-19-11-7-5-9-17(19)2/h4-13H,14-15H2,1-3H3. The van der Waals surface area contributed by atoms with Gasteiger partial charge in [0.15, 0.2) is 5.78 Å². The highest BCUT2D eigenvalue weighted by atomic mass is 16.1. The van der Waals surface area contributed by atoms with E-state index in [2.05, 4.69) is 50.1 Å². The number of piperidine rings is 1. The summed E-state index contributed by atoms with van der Waals surface area (Å²) < 4.78 is 0. The molecule has 1 saturated heterocycles. The molecule has 0 aliphatic carbocycles. The molecule has 0 N–H and O–H groups in total. The van der Waals surface area contributed by atoms with Crippen LogP contribution in [0.2, 0.25) is 0 Å². The van der Waals surface area contributed by atoms with Crippen molar-refractivity contribution >= 4 is 17.9 Å². The van der Waals surface area contributed by atoms with Crippen LogP contribution in [0.15, 0.2) is 59.7 Å². The van der Waals surface area contributed by atoms with Gasteiger partial charge in [-0.25, -0.2) is 0 Å². The number of ketones is 1. The highest BCUT2D eigenvalue weighted by molar-refractivity contribution is 6.14. The van der Waals surface area contributed by atoms with E-state index in [-0.39, 0.29) is 5.78 Å². The molecule has 2 nitrogen and oxygen atoms in total. The summed E-state index contributed by atoms with van der Waals surface area (Å²) in [5, 5.41) is 0. The Labute approximate surface area is 144 Å². The molecular formula is C22H23NO. The predicted octanol–water partition coefficient (Wildman–Crippen LogP) is 4.28. The van der Waals surface area contributed by atoms with Crippen LogP contribution < -0.4 is 0 Å². The van der Waals surface area contributed by atoms with E-state index in [9.17, 15) is 4.79 Å². The third kappa shape index (κ3) is 3.55. The molecule has 0 unspecified atom stereocenters. The molecule has 3 rings (SSSR count). The van der Waals surface area contributed by atoms with Crippen LogP contribution in [0.25, 0.3) is 12.2 Å². The first-order valence-corrected chi connectivity index (χ1v) is 8.30. The van der Waals surface area contributed by atoms with Crippen LogP contribution in [0.3, 0.4) is 0 Å². The molecule has 1 fully saturated rings. The summed E-state index contributed by atoms with van der Waals surface area (Å²) in [5.74, 6) is 0.166. The van der Waals surface area contributed by atoms with E-state index < -0.39 is 0 Å². The lowest BCUT2D eigenvalue weighted by Gasteiger charge is -2.26. The number of Topliss-reactive ketones (excluding diaryl/α,β-unsaturated/α-hetero) is 1. The van der Waals surface area contributed by atoms with Gasteiger partial charge in [0.05, 0.1) is 0 Å². The summed E-state index contributed by atoms with van der Waals surface area (Å²) in [4.78, 5) is 15.1. The molecular weight excluding hydrogens is 294 g/mol. The highest BCUT2D eigenvalue weighted by Gasteiger charge is 2.24. The molecule has 0 radical (unpaired) electrons. The van der Waals surface area contributed by atoms with Gasteiger partial charge in [0.25, 0.3) is 0 Å². The Morgan fingerprint density at radius 3 is 1.62 bits per heavy atom. The second kappa shape index (κ2) is 6.98. The lowest BCUT2D eigenvalue weighted by molar-refractivity contribution is -0.113. The zero-order valence-electron chi connectivity index (χ0n) is 14.5. The summed E-state index contributed by atoms with van der Waals surface area (Å²) in [6.45, 7) is 5.54. The summed E-state index contributed by atoms with van der Waals surface area (Å²) in [5.41, 5.74) is 6.33. The minimum atomic E-state index is 0.166. The van der Waals surface area contributed by atoms with E-state index in [1.54, 1.807) is 0 Å². The number of hydrogen-bond acceptors (Lipinski definition) is 2. The van der Waals surface area contributed by atoms with Crippen molar-refractivity contribution in [3.63, 3.8) is 0 Å². The zero-order valence-corrected chi connectivity index (χ0v) is 14.5. The van der Waals surface area contributed by atoms with Crippen LogP contribution in [-0.4, -0.2) is 30.8 Å². The summed E-state index contributed by atoms with van der Waals surface area (Å²) in [6, 6.07) is 16.4. The van der Waals surface area contributed by atoms with Crippen molar-refractivity contribution in [3.05, 3.63) is 81.9 Å². The van der Waals surface area contributed by atoms with Crippen LogP contribution in [0.5, 0.6) is 0 Å². The quantitative estimate of drug-likeness (QED) is 0.770. The monoisotopic (exact) mass is 317 g/mol. The fourth-order valence-electron chi connectivity index (χ4n) is 3.08. The third-order valence-corrected chi connectivity index (χ3v) is 4.50. The molecule has 1 aliphatic heterocycles. The highest BCUT2D eigenvalue weighted by Crippen LogP contribution is 2.23. The van der Waals surface area contributed by atoms with Crippen molar-refractivity contribution in [2.45, 2.75) is 13.8 Å². The Bertz CT molecular complexity index is 762. The van der Waals surface area contributed by atoms with Gasteiger partial charge in [0, 0.05) is 24.2 Å². The van der Waals surface area contributed by atoms with Gasteiger partial charge in [-0.1, -0.05) is 48.5 Å². The normalized spacial score (nSPS) is 19.2. The van der Waals surface area contributed by atoms with Crippen LogP contribution in [0.4, 0.5) is 0 Å². The lowest BCUT2D eigenvalue weighted by atomic mass is 9.93. The van der Waals surface area contributed by atoms with Crippen molar-refractivity contribution in [1.82, 2.24) is 4.90 Å². The number of likely N-dealkylation sites (N-methyl/N-ethyl adjacent to an activating group) is 1. The van der Waals surface area contributed by atoms with Gasteiger partial charge in [-0.15, -0.1) is 0 Å². The van der Waals surface area contributed by atoms with Crippen LogP contribution >= 0.6 is 0 Å². The fraction of sp³-hybridized carbons (Fsp3) is 0.227. The Kier molecular flexibility index (Phi) is 4.77. The molecule has 2 aromatic rings.